The van der Waals surface area contributed by atoms with Gasteiger partial charge in [-0.25, -0.2) is 4.39 Å². The van der Waals surface area contributed by atoms with Gasteiger partial charge in [0.25, 0.3) is 0 Å². The van der Waals surface area contributed by atoms with Crippen LogP contribution in [0.15, 0.2) is 18.2 Å². The van der Waals surface area contributed by atoms with Gasteiger partial charge in [-0.15, -0.1) is 0 Å². The molecule has 104 valence electrons. The van der Waals surface area contributed by atoms with Crippen molar-refractivity contribution in [3.63, 3.8) is 0 Å². The molecule has 0 radical (unpaired) electrons. The van der Waals surface area contributed by atoms with Crippen LogP contribution in [0.1, 0.15) is 12.0 Å². The zero-order chi connectivity index (χ0) is 13.7. The van der Waals surface area contributed by atoms with Crippen molar-refractivity contribution in [1.29, 1.82) is 0 Å². The molecule has 1 aliphatic rings. The van der Waals surface area contributed by atoms with Gasteiger partial charge >= 0.3 is 0 Å². The fourth-order valence-corrected chi connectivity index (χ4v) is 2.10. The number of nitrogens with one attached hydrogen (secondary N) is 2. The van der Waals surface area contributed by atoms with E-state index >= 15 is 0 Å². The van der Waals surface area contributed by atoms with E-state index in [1.165, 1.54) is 12.1 Å². The molecule has 1 saturated heterocycles. The number of amides is 1. The summed E-state index contributed by atoms with van der Waals surface area (Å²) in [5, 5.41) is 6.05. The molecule has 1 amide bonds. The predicted molar refractivity (Wildman–Crippen MR) is 70.5 cm³/mol. The van der Waals surface area contributed by atoms with Crippen LogP contribution in [-0.2, 0) is 16.1 Å². The molecule has 0 aliphatic carbocycles. The van der Waals surface area contributed by atoms with Gasteiger partial charge in [0, 0.05) is 25.6 Å². The molecule has 1 aromatic rings. The van der Waals surface area contributed by atoms with E-state index in [9.17, 15) is 9.18 Å². The Bertz CT molecular complexity index is 450. The van der Waals surface area contributed by atoms with Crippen molar-refractivity contribution in [3.05, 3.63) is 34.6 Å². The molecule has 2 N–H and O–H groups in total. The van der Waals surface area contributed by atoms with E-state index in [0.717, 1.165) is 12.1 Å². The highest BCUT2D eigenvalue weighted by Gasteiger charge is 2.16. The summed E-state index contributed by atoms with van der Waals surface area (Å²) in [6, 6.07) is 4.47. The van der Waals surface area contributed by atoms with Gasteiger partial charge in [0.15, 0.2) is 0 Å². The second kappa shape index (κ2) is 6.84. The van der Waals surface area contributed by atoms with Gasteiger partial charge in [-0.1, -0.05) is 17.7 Å². The quantitative estimate of drug-likeness (QED) is 0.881. The number of ether oxygens (including phenoxy) is 1. The Morgan fingerprint density at radius 2 is 2.42 bits per heavy atom. The minimum atomic E-state index is -0.458. The third-order valence-corrected chi connectivity index (χ3v) is 3.19. The number of hydrogen-bond donors (Lipinski definition) is 2. The van der Waals surface area contributed by atoms with Gasteiger partial charge in [0.1, 0.15) is 5.82 Å². The second-order valence-corrected chi connectivity index (χ2v) is 4.86. The first-order chi connectivity index (χ1) is 9.15. The number of carbonyl (C=O) groups excluding carboxylic acids is 1. The Hall–Kier alpha value is -1.17. The summed E-state index contributed by atoms with van der Waals surface area (Å²) in [4.78, 5) is 11.7. The molecule has 1 atom stereocenters. The Morgan fingerprint density at radius 1 is 1.58 bits per heavy atom. The second-order valence-electron chi connectivity index (χ2n) is 4.46. The van der Waals surface area contributed by atoms with Gasteiger partial charge < -0.3 is 15.4 Å². The highest BCUT2D eigenvalue weighted by molar-refractivity contribution is 6.30. The molecule has 19 heavy (non-hydrogen) atoms. The Kier molecular flexibility index (Phi) is 5.13. The SMILES string of the molecule is O=C(CC1COCCN1)NCc1ccc(F)c(Cl)c1. The molecule has 6 heteroatoms. The van der Waals surface area contributed by atoms with Crippen LogP contribution in [0.3, 0.4) is 0 Å². The topological polar surface area (TPSA) is 50.4 Å². The number of halogens is 2. The van der Waals surface area contributed by atoms with E-state index in [-0.39, 0.29) is 17.0 Å². The summed E-state index contributed by atoms with van der Waals surface area (Å²) in [7, 11) is 0. The van der Waals surface area contributed by atoms with Crippen molar-refractivity contribution >= 4 is 17.5 Å². The Morgan fingerprint density at radius 3 is 3.11 bits per heavy atom. The molecule has 2 rings (SSSR count). The molecular weight excluding hydrogens is 271 g/mol. The monoisotopic (exact) mass is 286 g/mol. The number of benzene rings is 1. The normalized spacial score (nSPS) is 19.2. The molecule has 1 aliphatic heterocycles. The van der Waals surface area contributed by atoms with Crippen LogP contribution < -0.4 is 10.6 Å². The number of rotatable bonds is 4. The molecule has 0 aromatic heterocycles. The first-order valence-electron chi connectivity index (χ1n) is 6.17. The third-order valence-electron chi connectivity index (χ3n) is 2.90. The highest BCUT2D eigenvalue weighted by Crippen LogP contribution is 2.15. The molecule has 1 aromatic carbocycles. The summed E-state index contributed by atoms with van der Waals surface area (Å²) in [5.74, 6) is -0.524. The molecule has 0 spiro atoms. The van der Waals surface area contributed by atoms with Crippen molar-refractivity contribution in [3.8, 4) is 0 Å². The Labute approximate surface area is 116 Å². The lowest BCUT2D eigenvalue weighted by Gasteiger charge is -2.23. The summed E-state index contributed by atoms with van der Waals surface area (Å²) >= 11 is 5.67. The van der Waals surface area contributed by atoms with E-state index in [1.54, 1.807) is 6.07 Å². The van der Waals surface area contributed by atoms with Crippen molar-refractivity contribution < 1.29 is 13.9 Å². The molecule has 1 unspecified atom stereocenters. The van der Waals surface area contributed by atoms with Crippen LogP contribution in [-0.4, -0.2) is 31.7 Å². The zero-order valence-corrected chi connectivity index (χ0v) is 11.2. The van der Waals surface area contributed by atoms with Crippen molar-refractivity contribution in [2.24, 2.45) is 0 Å². The van der Waals surface area contributed by atoms with Gasteiger partial charge in [0.05, 0.1) is 18.2 Å². The lowest BCUT2D eigenvalue weighted by Crippen LogP contribution is -2.44. The third kappa shape index (κ3) is 4.45. The van der Waals surface area contributed by atoms with Crippen LogP contribution >= 0.6 is 11.6 Å². The molecule has 1 heterocycles. The summed E-state index contributed by atoms with van der Waals surface area (Å²) in [6.45, 7) is 2.35. The lowest BCUT2D eigenvalue weighted by molar-refractivity contribution is -0.122. The van der Waals surface area contributed by atoms with Crippen LogP contribution in [0.4, 0.5) is 4.39 Å². The summed E-state index contributed by atoms with van der Waals surface area (Å²) in [6.07, 6.45) is 0.370. The maximum atomic E-state index is 13.0. The van der Waals surface area contributed by atoms with Crippen LogP contribution in [0.25, 0.3) is 0 Å². The lowest BCUT2D eigenvalue weighted by atomic mass is 10.1. The standard InChI is InChI=1S/C13H16ClFN2O2/c14-11-5-9(1-2-12(11)15)7-17-13(18)6-10-8-19-4-3-16-10/h1-2,5,10,16H,3-4,6-8H2,(H,17,18). The average molecular weight is 287 g/mol. The molecule has 0 saturated carbocycles. The fraction of sp³-hybridized carbons (Fsp3) is 0.462. The molecule has 0 bridgehead atoms. The predicted octanol–water partition coefficient (Wildman–Crippen LogP) is 1.47. The first-order valence-corrected chi connectivity index (χ1v) is 6.54. The van der Waals surface area contributed by atoms with Crippen molar-refractivity contribution in [2.45, 2.75) is 19.0 Å². The smallest absolute Gasteiger partial charge is 0.221 e. The van der Waals surface area contributed by atoms with E-state index in [4.69, 9.17) is 16.3 Å². The maximum absolute atomic E-state index is 13.0. The molecular formula is C13H16ClFN2O2. The largest absolute Gasteiger partial charge is 0.378 e. The van der Waals surface area contributed by atoms with Gasteiger partial charge in [0.2, 0.25) is 5.91 Å². The minimum Gasteiger partial charge on any atom is -0.378 e. The molecule has 1 fully saturated rings. The number of hydrogen-bond acceptors (Lipinski definition) is 3. The van der Waals surface area contributed by atoms with Gasteiger partial charge in [-0.2, -0.15) is 0 Å². The van der Waals surface area contributed by atoms with Crippen LogP contribution in [0, 0.1) is 5.82 Å². The number of carbonyl (C=O) groups is 1. The summed E-state index contributed by atoms with van der Waals surface area (Å²) < 4.78 is 18.2. The van der Waals surface area contributed by atoms with Crippen molar-refractivity contribution in [2.75, 3.05) is 19.8 Å². The average Bonchev–Trinajstić information content (AvgIpc) is 2.41. The van der Waals surface area contributed by atoms with E-state index < -0.39 is 5.82 Å². The molecule has 4 nitrogen and oxygen atoms in total. The Balaban J connectivity index is 1.77. The fourth-order valence-electron chi connectivity index (χ4n) is 1.90. The minimum absolute atomic E-state index is 0.0607. The zero-order valence-electron chi connectivity index (χ0n) is 10.4. The van der Waals surface area contributed by atoms with Crippen molar-refractivity contribution in [1.82, 2.24) is 10.6 Å². The summed E-state index contributed by atoms with van der Waals surface area (Å²) in [5.41, 5.74) is 0.771. The van der Waals surface area contributed by atoms with Crippen LogP contribution in [0.2, 0.25) is 5.02 Å². The maximum Gasteiger partial charge on any atom is 0.221 e. The van der Waals surface area contributed by atoms with E-state index in [1.807, 2.05) is 0 Å². The van der Waals surface area contributed by atoms with Gasteiger partial charge in [-0.05, 0) is 17.7 Å². The van der Waals surface area contributed by atoms with Crippen LogP contribution in [0.5, 0.6) is 0 Å². The van der Waals surface area contributed by atoms with E-state index in [2.05, 4.69) is 10.6 Å². The first kappa shape index (κ1) is 14.2. The highest BCUT2D eigenvalue weighted by atomic mass is 35.5. The van der Waals surface area contributed by atoms with E-state index in [0.29, 0.717) is 26.2 Å². The van der Waals surface area contributed by atoms with Gasteiger partial charge in [-0.3, -0.25) is 4.79 Å². The number of morpholine rings is 1.